The molecule has 0 bridgehead atoms. The number of imide groups is 1. The van der Waals surface area contributed by atoms with Gasteiger partial charge in [-0.25, -0.2) is 0 Å². The van der Waals surface area contributed by atoms with Crippen molar-refractivity contribution in [1.29, 1.82) is 0 Å². The molecule has 0 saturated carbocycles. The molecule has 0 atom stereocenters. The maximum absolute atomic E-state index is 11.4. The molecule has 1 aromatic carbocycles. The van der Waals surface area contributed by atoms with Gasteiger partial charge in [-0.3, -0.25) is 9.59 Å². The Balaban J connectivity index is 2.44. The maximum Gasteiger partial charge on any atom is 0.242 e. The molecule has 3 nitrogen and oxygen atoms in total. The molecule has 1 aliphatic rings. The average molecular weight is 185 g/mol. The molecule has 0 spiro atoms. The van der Waals surface area contributed by atoms with Gasteiger partial charge in [0.1, 0.15) is 0 Å². The predicted molar refractivity (Wildman–Crippen MR) is 51.5 cm³/mol. The summed E-state index contributed by atoms with van der Waals surface area (Å²) in [6, 6.07) is 7.39. The van der Waals surface area contributed by atoms with E-state index in [4.69, 9.17) is 7.98 Å². The molecule has 1 heterocycles. The Morgan fingerprint density at radius 2 is 1.43 bits per heavy atom. The van der Waals surface area contributed by atoms with Gasteiger partial charge >= 0.3 is 0 Å². The Hall–Kier alpha value is -1.58. The SMILES string of the molecule is [B]N1C(=O)Cc2ccccc2CC1=O. The lowest BCUT2D eigenvalue weighted by Crippen LogP contribution is -2.34. The van der Waals surface area contributed by atoms with Crippen molar-refractivity contribution in [2.45, 2.75) is 12.8 Å². The van der Waals surface area contributed by atoms with Crippen molar-refractivity contribution in [2.24, 2.45) is 0 Å². The molecule has 14 heavy (non-hydrogen) atoms. The number of rotatable bonds is 0. The quantitative estimate of drug-likeness (QED) is 0.428. The van der Waals surface area contributed by atoms with Crippen LogP contribution in [-0.4, -0.2) is 24.6 Å². The fourth-order valence-electron chi connectivity index (χ4n) is 1.54. The van der Waals surface area contributed by atoms with Crippen molar-refractivity contribution in [3.05, 3.63) is 35.4 Å². The predicted octanol–water partition coefficient (Wildman–Crippen LogP) is 0.224. The summed E-state index contributed by atoms with van der Waals surface area (Å²) in [5.41, 5.74) is 1.78. The summed E-state index contributed by atoms with van der Waals surface area (Å²) in [5, 5.41) is 0. The van der Waals surface area contributed by atoms with Crippen LogP contribution < -0.4 is 0 Å². The molecular formula is C10H8BNO2. The molecular weight excluding hydrogens is 177 g/mol. The Morgan fingerprint density at radius 3 is 1.86 bits per heavy atom. The highest BCUT2D eigenvalue weighted by Gasteiger charge is 2.22. The van der Waals surface area contributed by atoms with Gasteiger partial charge in [0.05, 0.1) is 12.8 Å². The van der Waals surface area contributed by atoms with Crippen LogP contribution in [0.25, 0.3) is 0 Å². The second-order valence-electron chi connectivity index (χ2n) is 3.28. The minimum atomic E-state index is -0.347. The van der Waals surface area contributed by atoms with Crippen LogP contribution in [0.2, 0.25) is 0 Å². The van der Waals surface area contributed by atoms with Crippen LogP contribution >= 0.6 is 0 Å². The van der Waals surface area contributed by atoms with Crippen LogP contribution in [0, 0.1) is 0 Å². The molecule has 0 unspecified atom stereocenters. The first kappa shape index (κ1) is 9.00. The van der Waals surface area contributed by atoms with Crippen molar-refractivity contribution in [3.63, 3.8) is 0 Å². The zero-order valence-electron chi connectivity index (χ0n) is 7.56. The van der Waals surface area contributed by atoms with Gasteiger partial charge < -0.3 is 4.81 Å². The number of fused-ring (bicyclic) bond motifs is 1. The van der Waals surface area contributed by atoms with Crippen LogP contribution in [0.3, 0.4) is 0 Å². The molecule has 0 aliphatic carbocycles. The highest BCUT2D eigenvalue weighted by molar-refractivity contribution is 6.25. The standard InChI is InChI=1S/C10H8BNO2/c11-12-9(13)5-7-3-1-2-4-8(7)6-10(12)14/h1-4H,5-6H2. The Bertz CT molecular complexity index is 366. The molecule has 0 N–H and O–H groups in total. The summed E-state index contributed by atoms with van der Waals surface area (Å²) >= 11 is 0. The topological polar surface area (TPSA) is 37.4 Å². The van der Waals surface area contributed by atoms with Crippen LogP contribution in [-0.2, 0) is 22.4 Å². The molecule has 1 aliphatic heterocycles. The van der Waals surface area contributed by atoms with E-state index in [9.17, 15) is 9.59 Å². The zero-order valence-corrected chi connectivity index (χ0v) is 7.56. The average Bonchev–Trinajstić information content (AvgIpc) is 2.28. The van der Waals surface area contributed by atoms with Crippen molar-refractivity contribution in [2.75, 3.05) is 0 Å². The van der Waals surface area contributed by atoms with Crippen molar-refractivity contribution >= 4 is 19.8 Å². The van der Waals surface area contributed by atoms with Gasteiger partial charge in [0.2, 0.25) is 19.8 Å². The fourth-order valence-corrected chi connectivity index (χ4v) is 1.54. The van der Waals surface area contributed by atoms with Gasteiger partial charge in [0, 0.05) is 0 Å². The van der Waals surface area contributed by atoms with E-state index < -0.39 is 0 Å². The van der Waals surface area contributed by atoms with E-state index in [-0.39, 0.29) is 24.7 Å². The number of amides is 2. The summed E-state index contributed by atoms with van der Waals surface area (Å²) in [5.74, 6) is -0.695. The zero-order chi connectivity index (χ0) is 10.1. The summed E-state index contributed by atoms with van der Waals surface area (Å²) in [6.45, 7) is 0. The monoisotopic (exact) mass is 185 g/mol. The Kier molecular flexibility index (Phi) is 2.12. The lowest BCUT2D eigenvalue weighted by atomic mass is 10.0. The Morgan fingerprint density at radius 1 is 1.00 bits per heavy atom. The van der Waals surface area contributed by atoms with Crippen molar-refractivity contribution in [1.82, 2.24) is 4.81 Å². The Labute approximate surface area is 83.1 Å². The number of hydrogen-bond donors (Lipinski definition) is 0. The first-order valence-electron chi connectivity index (χ1n) is 4.36. The number of nitrogens with zero attached hydrogens (tertiary/aromatic N) is 1. The third-order valence-electron chi connectivity index (χ3n) is 2.34. The van der Waals surface area contributed by atoms with Crippen LogP contribution in [0.1, 0.15) is 11.1 Å². The van der Waals surface area contributed by atoms with E-state index in [1.807, 2.05) is 24.3 Å². The van der Waals surface area contributed by atoms with Crippen LogP contribution in [0.4, 0.5) is 0 Å². The summed E-state index contributed by atoms with van der Waals surface area (Å²) < 4.78 is 0. The second kappa shape index (κ2) is 3.29. The minimum absolute atomic E-state index is 0.207. The van der Waals surface area contributed by atoms with E-state index in [1.165, 1.54) is 0 Å². The summed E-state index contributed by atoms with van der Waals surface area (Å²) in [6.07, 6.45) is 0.414. The van der Waals surface area contributed by atoms with Crippen LogP contribution in [0.15, 0.2) is 24.3 Å². The van der Waals surface area contributed by atoms with Gasteiger partial charge in [0.15, 0.2) is 0 Å². The second-order valence-corrected chi connectivity index (χ2v) is 3.28. The normalized spacial score (nSPS) is 16.4. The maximum atomic E-state index is 11.4. The van der Waals surface area contributed by atoms with E-state index in [0.29, 0.717) is 4.81 Å². The third kappa shape index (κ3) is 1.43. The van der Waals surface area contributed by atoms with E-state index >= 15 is 0 Å². The highest BCUT2D eigenvalue weighted by Crippen LogP contribution is 2.15. The van der Waals surface area contributed by atoms with Gasteiger partial charge in [-0.15, -0.1) is 0 Å². The van der Waals surface area contributed by atoms with E-state index in [2.05, 4.69) is 0 Å². The summed E-state index contributed by atoms with van der Waals surface area (Å²) in [4.78, 5) is 23.4. The third-order valence-corrected chi connectivity index (χ3v) is 2.34. The lowest BCUT2D eigenvalue weighted by Gasteiger charge is -2.11. The first-order valence-corrected chi connectivity index (χ1v) is 4.36. The molecule has 0 aromatic heterocycles. The highest BCUT2D eigenvalue weighted by atomic mass is 16.2. The van der Waals surface area contributed by atoms with E-state index in [1.54, 1.807) is 0 Å². The molecule has 4 heteroatoms. The molecule has 1 aromatic rings. The number of benzene rings is 1. The number of carbonyl (C=O) groups excluding carboxylic acids is 2. The molecule has 68 valence electrons. The summed E-state index contributed by atoms with van der Waals surface area (Å²) in [7, 11) is 5.34. The first-order chi connectivity index (χ1) is 6.68. The van der Waals surface area contributed by atoms with Crippen molar-refractivity contribution in [3.8, 4) is 0 Å². The van der Waals surface area contributed by atoms with E-state index in [0.717, 1.165) is 11.1 Å². The smallest absolute Gasteiger partial charge is 0.242 e. The van der Waals surface area contributed by atoms with Gasteiger partial charge in [-0.2, -0.15) is 0 Å². The molecule has 2 radical (unpaired) electrons. The van der Waals surface area contributed by atoms with Gasteiger partial charge in [-0.1, -0.05) is 24.3 Å². The van der Waals surface area contributed by atoms with Crippen LogP contribution in [0.5, 0.6) is 0 Å². The number of hydrogen-bond acceptors (Lipinski definition) is 2. The lowest BCUT2D eigenvalue weighted by molar-refractivity contribution is -0.137. The largest absolute Gasteiger partial charge is 0.340 e. The molecule has 2 amide bonds. The van der Waals surface area contributed by atoms with Crippen molar-refractivity contribution < 1.29 is 9.59 Å². The van der Waals surface area contributed by atoms with Gasteiger partial charge in [0.25, 0.3) is 0 Å². The molecule has 0 saturated heterocycles. The van der Waals surface area contributed by atoms with Gasteiger partial charge in [-0.05, 0) is 11.1 Å². The molecule has 0 fully saturated rings. The molecule has 2 rings (SSSR count). The minimum Gasteiger partial charge on any atom is -0.340 e. The number of carbonyl (C=O) groups is 2. The fraction of sp³-hybridized carbons (Fsp3) is 0.200.